The average molecular weight is 240 g/mol. The molecule has 0 bridgehead atoms. The Morgan fingerprint density at radius 2 is 2.06 bits per heavy atom. The maximum Gasteiger partial charge on any atom is 0.123 e. The summed E-state index contributed by atoms with van der Waals surface area (Å²) in [5.41, 5.74) is 1.49. The van der Waals surface area contributed by atoms with E-state index in [2.05, 4.69) is 0 Å². The Morgan fingerprint density at radius 3 is 2.65 bits per heavy atom. The first kappa shape index (κ1) is 14.1. The Labute approximate surface area is 102 Å². The summed E-state index contributed by atoms with van der Waals surface area (Å²) in [6.45, 7) is 5.77. The van der Waals surface area contributed by atoms with Crippen LogP contribution < -0.4 is 0 Å². The minimum absolute atomic E-state index is 0.260. The van der Waals surface area contributed by atoms with E-state index in [9.17, 15) is 9.50 Å². The van der Waals surface area contributed by atoms with E-state index in [1.54, 1.807) is 13.2 Å². The lowest BCUT2D eigenvalue weighted by Gasteiger charge is -2.26. The fraction of sp³-hybridized carbons (Fsp3) is 0.571. The van der Waals surface area contributed by atoms with Crippen LogP contribution in [0.3, 0.4) is 0 Å². The third-order valence-electron chi connectivity index (χ3n) is 3.05. The molecular formula is C14H21FO2. The van der Waals surface area contributed by atoms with Crippen molar-refractivity contribution < 1.29 is 14.2 Å². The molecule has 17 heavy (non-hydrogen) atoms. The van der Waals surface area contributed by atoms with E-state index in [-0.39, 0.29) is 11.4 Å². The quantitative estimate of drug-likeness (QED) is 0.857. The molecule has 1 atom stereocenters. The molecule has 0 aliphatic rings. The molecule has 0 fully saturated rings. The summed E-state index contributed by atoms with van der Waals surface area (Å²) in [7, 11) is 1.63. The van der Waals surface area contributed by atoms with Gasteiger partial charge in [0.15, 0.2) is 0 Å². The first-order valence-electron chi connectivity index (χ1n) is 5.82. The largest absolute Gasteiger partial charge is 0.393 e. The molecule has 0 heterocycles. The van der Waals surface area contributed by atoms with Gasteiger partial charge in [-0.05, 0) is 50.5 Å². The molecule has 0 saturated heterocycles. The van der Waals surface area contributed by atoms with Crippen LogP contribution in [0.15, 0.2) is 18.2 Å². The van der Waals surface area contributed by atoms with Crippen LogP contribution in [0.5, 0.6) is 0 Å². The van der Waals surface area contributed by atoms with E-state index in [0.717, 1.165) is 11.1 Å². The lowest BCUT2D eigenvalue weighted by Crippen LogP contribution is -2.29. The van der Waals surface area contributed by atoms with Crippen molar-refractivity contribution in [2.24, 2.45) is 0 Å². The van der Waals surface area contributed by atoms with Gasteiger partial charge in [0.05, 0.1) is 11.7 Å². The van der Waals surface area contributed by atoms with E-state index in [1.807, 2.05) is 20.8 Å². The Morgan fingerprint density at radius 1 is 1.41 bits per heavy atom. The zero-order chi connectivity index (χ0) is 13.1. The highest BCUT2D eigenvalue weighted by Crippen LogP contribution is 2.20. The number of hydrogen-bond donors (Lipinski definition) is 1. The maximum absolute atomic E-state index is 13.1. The van der Waals surface area contributed by atoms with Crippen molar-refractivity contribution in [3.63, 3.8) is 0 Å². The fourth-order valence-electron chi connectivity index (χ4n) is 1.84. The molecule has 1 rings (SSSR count). The predicted molar refractivity (Wildman–Crippen MR) is 66.6 cm³/mol. The first-order chi connectivity index (χ1) is 7.84. The van der Waals surface area contributed by atoms with E-state index in [0.29, 0.717) is 12.8 Å². The number of rotatable bonds is 5. The number of benzene rings is 1. The van der Waals surface area contributed by atoms with Gasteiger partial charge in [-0.25, -0.2) is 4.39 Å². The molecular weight excluding hydrogens is 219 g/mol. The van der Waals surface area contributed by atoms with E-state index >= 15 is 0 Å². The van der Waals surface area contributed by atoms with E-state index < -0.39 is 6.10 Å². The molecule has 2 nitrogen and oxygen atoms in total. The van der Waals surface area contributed by atoms with Gasteiger partial charge < -0.3 is 9.84 Å². The van der Waals surface area contributed by atoms with Gasteiger partial charge in [-0.3, -0.25) is 0 Å². The maximum atomic E-state index is 13.1. The lowest BCUT2D eigenvalue weighted by molar-refractivity contribution is -0.0191. The monoisotopic (exact) mass is 240 g/mol. The molecule has 0 aliphatic carbocycles. The van der Waals surface area contributed by atoms with E-state index in [4.69, 9.17) is 4.74 Å². The molecule has 3 heteroatoms. The van der Waals surface area contributed by atoms with Gasteiger partial charge in [-0.15, -0.1) is 0 Å². The van der Waals surface area contributed by atoms with Gasteiger partial charge in [-0.2, -0.15) is 0 Å². The van der Waals surface area contributed by atoms with Crippen molar-refractivity contribution in [3.8, 4) is 0 Å². The summed E-state index contributed by atoms with van der Waals surface area (Å²) in [6.07, 6.45) is 0.459. The average Bonchev–Trinajstić information content (AvgIpc) is 2.23. The van der Waals surface area contributed by atoms with Crippen LogP contribution in [-0.4, -0.2) is 23.9 Å². The number of aliphatic hydroxyl groups is 1. The van der Waals surface area contributed by atoms with Crippen LogP contribution in [0, 0.1) is 12.7 Å². The van der Waals surface area contributed by atoms with E-state index in [1.165, 1.54) is 12.1 Å². The first-order valence-corrected chi connectivity index (χ1v) is 5.82. The molecule has 1 aromatic carbocycles. The third kappa shape index (κ3) is 4.44. The normalized spacial score (nSPS) is 13.8. The van der Waals surface area contributed by atoms with Crippen LogP contribution in [0.2, 0.25) is 0 Å². The van der Waals surface area contributed by atoms with Crippen molar-refractivity contribution >= 4 is 0 Å². The predicted octanol–water partition coefficient (Wildman–Crippen LogP) is 2.85. The molecule has 0 amide bonds. The SMILES string of the molecule is COC(C)(C)CC(O)Cc1cc(F)ccc1C. The smallest absolute Gasteiger partial charge is 0.123 e. The standard InChI is InChI=1S/C14H21FO2/c1-10-5-6-12(15)7-11(10)8-13(16)9-14(2,3)17-4/h5-7,13,16H,8-9H2,1-4H3. The summed E-state index contributed by atoms with van der Waals surface area (Å²) < 4.78 is 18.4. The Hall–Kier alpha value is -0.930. The summed E-state index contributed by atoms with van der Waals surface area (Å²) in [6, 6.07) is 4.65. The second kappa shape index (κ2) is 5.61. The van der Waals surface area contributed by atoms with Gasteiger partial charge in [-0.1, -0.05) is 6.07 Å². The summed E-state index contributed by atoms with van der Waals surface area (Å²) >= 11 is 0. The second-order valence-corrected chi connectivity index (χ2v) is 5.10. The topological polar surface area (TPSA) is 29.5 Å². The number of hydrogen-bond acceptors (Lipinski definition) is 2. The number of ether oxygens (including phenoxy) is 1. The molecule has 1 unspecified atom stereocenters. The number of aliphatic hydroxyl groups excluding tert-OH is 1. The summed E-state index contributed by atoms with van der Waals surface area (Å²) in [5, 5.41) is 9.98. The van der Waals surface area contributed by atoms with Gasteiger partial charge in [0.1, 0.15) is 5.82 Å². The van der Waals surface area contributed by atoms with Crippen molar-refractivity contribution in [2.75, 3.05) is 7.11 Å². The van der Waals surface area contributed by atoms with Crippen molar-refractivity contribution in [3.05, 3.63) is 35.1 Å². The summed E-state index contributed by atoms with van der Waals surface area (Å²) in [4.78, 5) is 0. The van der Waals surface area contributed by atoms with Crippen LogP contribution in [0.25, 0.3) is 0 Å². The molecule has 1 aromatic rings. The lowest BCUT2D eigenvalue weighted by atomic mass is 9.94. The molecule has 96 valence electrons. The number of methoxy groups -OCH3 is 1. The molecule has 1 N–H and O–H groups in total. The van der Waals surface area contributed by atoms with Crippen molar-refractivity contribution in [1.29, 1.82) is 0 Å². The number of halogens is 1. The molecule has 0 spiro atoms. The van der Waals surface area contributed by atoms with Crippen molar-refractivity contribution in [1.82, 2.24) is 0 Å². The van der Waals surface area contributed by atoms with Gasteiger partial charge in [0.2, 0.25) is 0 Å². The Bertz CT molecular complexity index is 374. The van der Waals surface area contributed by atoms with Crippen LogP contribution in [0.4, 0.5) is 4.39 Å². The zero-order valence-electron chi connectivity index (χ0n) is 11.0. The van der Waals surface area contributed by atoms with Gasteiger partial charge in [0.25, 0.3) is 0 Å². The van der Waals surface area contributed by atoms with Crippen molar-refractivity contribution in [2.45, 2.75) is 45.3 Å². The van der Waals surface area contributed by atoms with Gasteiger partial charge in [0, 0.05) is 13.5 Å². The minimum atomic E-state index is -0.523. The number of aryl methyl sites for hydroxylation is 1. The van der Waals surface area contributed by atoms with Crippen LogP contribution in [0.1, 0.15) is 31.4 Å². The molecule has 0 saturated carbocycles. The zero-order valence-corrected chi connectivity index (χ0v) is 11.0. The molecule has 0 aromatic heterocycles. The highest BCUT2D eigenvalue weighted by molar-refractivity contribution is 5.27. The minimum Gasteiger partial charge on any atom is -0.393 e. The highest BCUT2D eigenvalue weighted by Gasteiger charge is 2.21. The van der Waals surface area contributed by atoms with Crippen LogP contribution >= 0.6 is 0 Å². The Kier molecular flexibility index (Phi) is 4.66. The Balaban J connectivity index is 2.68. The summed E-state index contributed by atoms with van der Waals surface area (Å²) in [5.74, 6) is -0.260. The molecule has 0 radical (unpaired) electrons. The van der Waals surface area contributed by atoms with Gasteiger partial charge >= 0.3 is 0 Å². The highest BCUT2D eigenvalue weighted by atomic mass is 19.1. The fourth-order valence-corrected chi connectivity index (χ4v) is 1.84. The molecule has 0 aliphatic heterocycles. The second-order valence-electron chi connectivity index (χ2n) is 5.10. The van der Waals surface area contributed by atoms with Crippen LogP contribution in [-0.2, 0) is 11.2 Å². The third-order valence-corrected chi connectivity index (χ3v) is 3.05.